The van der Waals surface area contributed by atoms with E-state index in [0.29, 0.717) is 0 Å². The van der Waals surface area contributed by atoms with Gasteiger partial charge in [0, 0.05) is 12.8 Å². The fraction of sp³-hybridized carbons (Fsp3) is 0.700. The van der Waals surface area contributed by atoms with Gasteiger partial charge >= 0.3 is 0 Å². The average molecular weight is 153 g/mol. The molecular formula is C10H19N. The molecule has 1 heteroatoms. The van der Waals surface area contributed by atoms with Crippen LogP contribution in [0.25, 0.3) is 0 Å². The minimum Gasteiger partial charge on any atom is -0.293 e. The molecule has 0 saturated carbocycles. The van der Waals surface area contributed by atoms with Gasteiger partial charge in [-0.05, 0) is 32.8 Å². The third kappa shape index (κ3) is 5.84. The SMILES string of the molecule is CCCC/C(C)=C/C(C)=NC. The Labute approximate surface area is 70.2 Å². The van der Waals surface area contributed by atoms with Crippen LogP contribution in [0.4, 0.5) is 0 Å². The Morgan fingerprint density at radius 1 is 1.36 bits per heavy atom. The molecule has 0 fully saturated rings. The van der Waals surface area contributed by atoms with Crippen molar-refractivity contribution in [2.24, 2.45) is 4.99 Å². The zero-order valence-corrected chi connectivity index (χ0v) is 8.15. The van der Waals surface area contributed by atoms with Gasteiger partial charge in [-0.15, -0.1) is 0 Å². The van der Waals surface area contributed by atoms with Gasteiger partial charge < -0.3 is 0 Å². The topological polar surface area (TPSA) is 12.4 Å². The highest BCUT2D eigenvalue weighted by Gasteiger charge is 1.89. The molecule has 0 radical (unpaired) electrons. The van der Waals surface area contributed by atoms with Crippen molar-refractivity contribution in [1.82, 2.24) is 0 Å². The van der Waals surface area contributed by atoms with Crippen molar-refractivity contribution >= 4 is 5.71 Å². The fourth-order valence-corrected chi connectivity index (χ4v) is 0.949. The summed E-state index contributed by atoms with van der Waals surface area (Å²) in [6, 6.07) is 0. The molecule has 0 aliphatic rings. The molecule has 0 aromatic rings. The van der Waals surface area contributed by atoms with Crippen LogP contribution in [-0.2, 0) is 0 Å². The molecule has 0 aliphatic carbocycles. The van der Waals surface area contributed by atoms with E-state index in [9.17, 15) is 0 Å². The van der Waals surface area contributed by atoms with E-state index in [0.717, 1.165) is 5.71 Å². The van der Waals surface area contributed by atoms with Crippen molar-refractivity contribution in [2.45, 2.75) is 40.0 Å². The molecule has 0 spiro atoms. The molecule has 11 heavy (non-hydrogen) atoms. The maximum atomic E-state index is 4.08. The highest BCUT2D eigenvalue weighted by atomic mass is 14.7. The van der Waals surface area contributed by atoms with Gasteiger partial charge in [0.25, 0.3) is 0 Å². The van der Waals surface area contributed by atoms with E-state index in [1.807, 2.05) is 14.0 Å². The number of unbranched alkanes of at least 4 members (excludes halogenated alkanes) is 1. The maximum absolute atomic E-state index is 4.08. The second-order valence-corrected chi connectivity index (χ2v) is 2.96. The monoisotopic (exact) mass is 153 g/mol. The first-order chi connectivity index (χ1) is 5.20. The van der Waals surface area contributed by atoms with Crippen LogP contribution in [0.15, 0.2) is 16.6 Å². The molecule has 0 saturated heterocycles. The summed E-state index contributed by atoms with van der Waals surface area (Å²) in [7, 11) is 1.83. The second-order valence-electron chi connectivity index (χ2n) is 2.96. The van der Waals surface area contributed by atoms with E-state index in [-0.39, 0.29) is 0 Å². The van der Waals surface area contributed by atoms with Crippen LogP contribution in [0.5, 0.6) is 0 Å². The molecule has 0 amide bonds. The molecular weight excluding hydrogens is 134 g/mol. The minimum atomic E-state index is 1.12. The summed E-state index contributed by atoms with van der Waals surface area (Å²) in [5.41, 5.74) is 2.56. The molecule has 0 N–H and O–H groups in total. The van der Waals surface area contributed by atoms with E-state index >= 15 is 0 Å². The summed E-state index contributed by atoms with van der Waals surface area (Å²) >= 11 is 0. The van der Waals surface area contributed by atoms with Gasteiger partial charge in [0.15, 0.2) is 0 Å². The smallest absolute Gasteiger partial charge is 0.0313 e. The van der Waals surface area contributed by atoms with Crippen molar-refractivity contribution in [1.29, 1.82) is 0 Å². The predicted octanol–water partition coefficient (Wildman–Crippen LogP) is 3.21. The van der Waals surface area contributed by atoms with E-state index in [2.05, 4.69) is 24.9 Å². The van der Waals surface area contributed by atoms with Crippen LogP contribution < -0.4 is 0 Å². The lowest BCUT2D eigenvalue weighted by Gasteiger charge is -1.98. The van der Waals surface area contributed by atoms with Gasteiger partial charge in [0.2, 0.25) is 0 Å². The zero-order valence-electron chi connectivity index (χ0n) is 8.15. The number of nitrogens with zero attached hydrogens (tertiary/aromatic N) is 1. The summed E-state index contributed by atoms with van der Waals surface area (Å²) in [6.07, 6.45) is 5.94. The van der Waals surface area contributed by atoms with Gasteiger partial charge in [-0.2, -0.15) is 0 Å². The third-order valence-corrected chi connectivity index (χ3v) is 1.73. The molecule has 0 aliphatic heterocycles. The third-order valence-electron chi connectivity index (χ3n) is 1.73. The van der Waals surface area contributed by atoms with Crippen LogP contribution in [0.2, 0.25) is 0 Å². The zero-order chi connectivity index (χ0) is 8.69. The highest BCUT2D eigenvalue weighted by Crippen LogP contribution is 2.05. The fourth-order valence-electron chi connectivity index (χ4n) is 0.949. The first kappa shape index (κ1) is 10.4. The summed E-state index contributed by atoms with van der Waals surface area (Å²) in [4.78, 5) is 4.08. The van der Waals surface area contributed by atoms with Gasteiger partial charge in [0.05, 0.1) is 0 Å². The lowest BCUT2D eigenvalue weighted by molar-refractivity contribution is 0.788. The van der Waals surface area contributed by atoms with Crippen molar-refractivity contribution in [3.63, 3.8) is 0 Å². The van der Waals surface area contributed by atoms with E-state index in [4.69, 9.17) is 0 Å². The number of hydrogen-bond donors (Lipinski definition) is 0. The minimum absolute atomic E-state index is 1.12. The Kier molecular flexibility index (Phi) is 5.81. The van der Waals surface area contributed by atoms with Gasteiger partial charge in [-0.1, -0.05) is 18.9 Å². The van der Waals surface area contributed by atoms with Crippen molar-refractivity contribution < 1.29 is 0 Å². The molecule has 0 aromatic heterocycles. The average Bonchev–Trinajstić information content (AvgIpc) is 2.00. The van der Waals surface area contributed by atoms with Crippen LogP contribution in [0, 0.1) is 0 Å². The summed E-state index contributed by atoms with van der Waals surface area (Å²) in [5.74, 6) is 0. The number of aliphatic imine (C=N–C) groups is 1. The lowest BCUT2D eigenvalue weighted by Crippen LogP contribution is -1.87. The maximum Gasteiger partial charge on any atom is 0.0313 e. The normalized spacial score (nSPS) is 13.8. The summed E-state index contributed by atoms with van der Waals surface area (Å²) < 4.78 is 0. The van der Waals surface area contributed by atoms with Crippen molar-refractivity contribution in [2.75, 3.05) is 7.05 Å². The Morgan fingerprint density at radius 3 is 2.45 bits per heavy atom. The molecule has 0 bridgehead atoms. The predicted molar refractivity (Wildman–Crippen MR) is 52.3 cm³/mol. The molecule has 0 atom stereocenters. The van der Waals surface area contributed by atoms with Crippen LogP contribution in [-0.4, -0.2) is 12.8 Å². The number of hydrogen-bond acceptors (Lipinski definition) is 1. The largest absolute Gasteiger partial charge is 0.293 e. The van der Waals surface area contributed by atoms with Crippen molar-refractivity contribution in [3.05, 3.63) is 11.6 Å². The first-order valence-corrected chi connectivity index (χ1v) is 4.31. The quantitative estimate of drug-likeness (QED) is 0.550. The Hall–Kier alpha value is -0.590. The Bertz CT molecular complexity index is 154. The van der Waals surface area contributed by atoms with Crippen LogP contribution in [0.1, 0.15) is 40.0 Å². The van der Waals surface area contributed by atoms with E-state index in [1.54, 1.807) is 0 Å². The Morgan fingerprint density at radius 2 is 2.00 bits per heavy atom. The molecule has 0 rings (SSSR count). The molecule has 0 aromatic carbocycles. The van der Waals surface area contributed by atoms with Gasteiger partial charge in [0.1, 0.15) is 0 Å². The number of rotatable bonds is 4. The summed E-state index contributed by atoms with van der Waals surface area (Å²) in [5, 5.41) is 0. The van der Waals surface area contributed by atoms with Gasteiger partial charge in [-0.25, -0.2) is 0 Å². The van der Waals surface area contributed by atoms with Crippen LogP contribution >= 0.6 is 0 Å². The van der Waals surface area contributed by atoms with E-state index in [1.165, 1.54) is 24.8 Å². The molecule has 0 heterocycles. The molecule has 0 unspecified atom stereocenters. The highest BCUT2D eigenvalue weighted by molar-refractivity contribution is 5.93. The first-order valence-electron chi connectivity index (χ1n) is 4.31. The van der Waals surface area contributed by atoms with Crippen LogP contribution in [0.3, 0.4) is 0 Å². The van der Waals surface area contributed by atoms with Crippen molar-refractivity contribution in [3.8, 4) is 0 Å². The van der Waals surface area contributed by atoms with E-state index < -0.39 is 0 Å². The standard InChI is InChI=1S/C10H19N/c1-5-6-7-9(2)8-10(3)11-4/h8H,5-7H2,1-4H3/b9-8+,11-10?. The second kappa shape index (κ2) is 6.14. The molecule has 1 nitrogen and oxygen atoms in total. The Balaban J connectivity index is 3.80. The van der Waals surface area contributed by atoms with Gasteiger partial charge in [-0.3, -0.25) is 4.99 Å². The summed E-state index contributed by atoms with van der Waals surface area (Å²) in [6.45, 7) is 6.42. The lowest BCUT2D eigenvalue weighted by atomic mass is 10.1. The molecule has 64 valence electrons. The number of allylic oxidation sites excluding steroid dienone is 2.